The smallest absolute Gasteiger partial charge is 0.221 e. The molecule has 0 unspecified atom stereocenters. The quantitative estimate of drug-likeness (QED) is 0.568. The molecule has 0 radical (unpaired) electrons. The van der Waals surface area contributed by atoms with Gasteiger partial charge in [0.05, 0.1) is 24.2 Å². The molecule has 108 valence electrons. The van der Waals surface area contributed by atoms with Gasteiger partial charge in [0.15, 0.2) is 0 Å². The van der Waals surface area contributed by atoms with Crippen LogP contribution in [0.1, 0.15) is 5.56 Å². The lowest BCUT2D eigenvalue weighted by Crippen LogP contribution is -1.89. The third-order valence-corrected chi connectivity index (χ3v) is 4.34. The molecule has 0 atom stereocenters. The van der Waals surface area contributed by atoms with Crippen molar-refractivity contribution in [2.45, 2.75) is 0 Å². The van der Waals surface area contributed by atoms with Gasteiger partial charge < -0.3 is 4.74 Å². The molecule has 0 amide bonds. The molecule has 2 heterocycles. The average Bonchev–Trinajstić information content (AvgIpc) is 3.01. The van der Waals surface area contributed by atoms with E-state index in [0.717, 1.165) is 21.7 Å². The summed E-state index contributed by atoms with van der Waals surface area (Å²) in [5.74, 6) is 1.22. The zero-order valence-corrected chi connectivity index (χ0v) is 13.3. The number of thioether (sulfide) groups is 1. The van der Waals surface area contributed by atoms with Gasteiger partial charge in [-0.05, 0) is 37.0 Å². The molecule has 0 saturated heterocycles. The van der Waals surface area contributed by atoms with Crippen molar-refractivity contribution < 1.29 is 4.74 Å². The van der Waals surface area contributed by atoms with Crippen LogP contribution >= 0.6 is 23.1 Å². The third-order valence-electron chi connectivity index (χ3n) is 2.66. The van der Waals surface area contributed by atoms with E-state index in [-0.39, 0.29) is 0 Å². The monoisotopic (exact) mass is 317 g/mol. The van der Waals surface area contributed by atoms with Crippen LogP contribution < -0.4 is 4.74 Å². The number of thiophene rings is 1. The second-order valence-electron chi connectivity index (χ2n) is 3.94. The Bertz CT molecular complexity index is 664. The Hall–Kier alpha value is -1.92. The fourth-order valence-electron chi connectivity index (χ4n) is 1.72. The van der Waals surface area contributed by atoms with Crippen molar-refractivity contribution in [3.05, 3.63) is 40.7 Å². The first-order valence-electron chi connectivity index (χ1n) is 6.09. The molecule has 0 bridgehead atoms. The van der Waals surface area contributed by atoms with Gasteiger partial charge >= 0.3 is 0 Å². The molecule has 0 aliphatic heterocycles. The number of ether oxygens (including phenoxy) is 1. The van der Waals surface area contributed by atoms with Crippen molar-refractivity contribution in [3.8, 4) is 16.3 Å². The Morgan fingerprint density at radius 1 is 1.52 bits per heavy atom. The molecule has 2 rings (SSSR count). The molecule has 4 nitrogen and oxygen atoms in total. The van der Waals surface area contributed by atoms with E-state index in [1.54, 1.807) is 24.6 Å². The normalized spacial score (nSPS) is 11.2. The zero-order chi connectivity index (χ0) is 15.1. The van der Waals surface area contributed by atoms with E-state index >= 15 is 0 Å². The van der Waals surface area contributed by atoms with Gasteiger partial charge in [-0.25, -0.2) is 4.98 Å². The Labute approximate surface area is 132 Å². The first-order valence-corrected chi connectivity index (χ1v) is 8.02. The van der Waals surface area contributed by atoms with Crippen LogP contribution in [0.15, 0.2) is 45.2 Å². The summed E-state index contributed by atoms with van der Waals surface area (Å²) in [4.78, 5) is 13.2. The number of rotatable bonds is 7. The van der Waals surface area contributed by atoms with Crippen LogP contribution in [-0.2, 0) is 0 Å². The summed E-state index contributed by atoms with van der Waals surface area (Å²) in [6.45, 7) is 7.08. The summed E-state index contributed by atoms with van der Waals surface area (Å²) < 4.78 is 5.30. The topological polar surface area (TPSA) is 46.8 Å². The van der Waals surface area contributed by atoms with E-state index in [1.165, 1.54) is 11.8 Å². The number of hydrogen-bond acceptors (Lipinski definition) is 6. The first-order chi connectivity index (χ1) is 10.3. The molecule has 0 fully saturated rings. The lowest BCUT2D eigenvalue weighted by Gasteiger charge is -2.03. The molecule has 21 heavy (non-hydrogen) atoms. The van der Waals surface area contributed by atoms with Gasteiger partial charge in [-0.3, -0.25) is 9.98 Å². The van der Waals surface area contributed by atoms with Crippen LogP contribution in [0.5, 0.6) is 5.88 Å². The van der Waals surface area contributed by atoms with Crippen LogP contribution in [0.3, 0.4) is 0 Å². The van der Waals surface area contributed by atoms with E-state index in [2.05, 4.69) is 34.5 Å². The minimum absolute atomic E-state index is 0.604. The maximum absolute atomic E-state index is 5.30. The SMILES string of the molecule is C=NCS/C=C(\N=C)c1csc(-c2cccnc2OC)c1. The van der Waals surface area contributed by atoms with Crippen LogP contribution in [0.4, 0.5) is 0 Å². The lowest BCUT2D eigenvalue weighted by molar-refractivity contribution is 0.400. The number of nitrogens with zero attached hydrogens (tertiary/aromatic N) is 3. The van der Waals surface area contributed by atoms with Gasteiger partial charge in [0, 0.05) is 22.0 Å². The Kier molecular flexibility index (Phi) is 5.71. The molecular formula is C15H15N3OS2. The van der Waals surface area contributed by atoms with Crippen molar-refractivity contribution in [2.75, 3.05) is 13.0 Å². The lowest BCUT2D eigenvalue weighted by atomic mass is 10.2. The van der Waals surface area contributed by atoms with Gasteiger partial charge in [0.1, 0.15) is 0 Å². The maximum atomic E-state index is 5.30. The molecule has 0 N–H and O–H groups in total. The first kappa shape index (κ1) is 15.5. The van der Waals surface area contributed by atoms with Gasteiger partial charge in [-0.2, -0.15) is 0 Å². The van der Waals surface area contributed by atoms with E-state index in [4.69, 9.17) is 4.74 Å². The second-order valence-corrected chi connectivity index (χ2v) is 5.68. The van der Waals surface area contributed by atoms with Crippen LogP contribution in [0.2, 0.25) is 0 Å². The van der Waals surface area contributed by atoms with Crippen LogP contribution in [0, 0.1) is 0 Å². The second kappa shape index (κ2) is 7.75. The fraction of sp³-hybridized carbons (Fsp3) is 0.133. The van der Waals surface area contributed by atoms with E-state index in [9.17, 15) is 0 Å². The highest BCUT2D eigenvalue weighted by Crippen LogP contribution is 2.35. The predicted octanol–water partition coefficient (Wildman–Crippen LogP) is 4.21. The van der Waals surface area contributed by atoms with E-state index in [1.807, 2.05) is 22.9 Å². The van der Waals surface area contributed by atoms with Crippen LogP contribution in [0.25, 0.3) is 16.1 Å². The molecule has 6 heteroatoms. The standard InChI is InChI=1S/C15H15N3OS2/c1-16-10-20-9-13(17-2)11-7-14(21-8-11)12-5-4-6-18-15(12)19-3/h4-9H,1-2,10H2,3H3/b13-9-. The third kappa shape index (κ3) is 3.80. The van der Waals surface area contributed by atoms with Crippen LogP contribution in [-0.4, -0.2) is 31.4 Å². The highest BCUT2D eigenvalue weighted by atomic mass is 32.2. The number of aromatic nitrogens is 1. The number of pyridine rings is 1. The summed E-state index contributed by atoms with van der Waals surface area (Å²) in [6.07, 6.45) is 1.71. The van der Waals surface area contributed by atoms with E-state index < -0.39 is 0 Å². The highest BCUT2D eigenvalue weighted by molar-refractivity contribution is 8.02. The minimum atomic E-state index is 0.604. The van der Waals surface area contributed by atoms with Crippen molar-refractivity contribution in [2.24, 2.45) is 9.98 Å². The number of aliphatic imine (C=N–C) groups is 2. The van der Waals surface area contributed by atoms with Crippen molar-refractivity contribution >= 4 is 42.2 Å². The van der Waals surface area contributed by atoms with Crippen molar-refractivity contribution in [1.29, 1.82) is 0 Å². The average molecular weight is 317 g/mol. The maximum Gasteiger partial charge on any atom is 0.221 e. The largest absolute Gasteiger partial charge is 0.481 e. The fourth-order valence-corrected chi connectivity index (χ4v) is 3.19. The van der Waals surface area contributed by atoms with E-state index in [0.29, 0.717) is 11.8 Å². The molecule has 0 spiro atoms. The molecule has 0 aromatic carbocycles. The zero-order valence-electron chi connectivity index (χ0n) is 11.7. The summed E-state index contributed by atoms with van der Waals surface area (Å²) >= 11 is 3.16. The predicted molar refractivity (Wildman–Crippen MR) is 93.6 cm³/mol. The molecular weight excluding hydrogens is 302 g/mol. The number of hydrogen-bond donors (Lipinski definition) is 0. The molecule has 0 aliphatic carbocycles. The number of methoxy groups -OCH3 is 1. The molecule has 2 aromatic heterocycles. The van der Waals surface area contributed by atoms with Gasteiger partial charge in [0.25, 0.3) is 0 Å². The summed E-state index contributed by atoms with van der Waals surface area (Å²) in [5, 5.41) is 3.98. The Balaban J connectivity index is 2.30. The van der Waals surface area contributed by atoms with Gasteiger partial charge in [-0.15, -0.1) is 23.1 Å². The highest BCUT2D eigenvalue weighted by Gasteiger charge is 2.10. The van der Waals surface area contributed by atoms with Gasteiger partial charge in [0.2, 0.25) is 5.88 Å². The summed E-state index contributed by atoms with van der Waals surface area (Å²) in [7, 11) is 1.62. The molecule has 0 saturated carbocycles. The summed E-state index contributed by atoms with van der Waals surface area (Å²) in [6, 6.07) is 5.94. The van der Waals surface area contributed by atoms with Crippen molar-refractivity contribution in [3.63, 3.8) is 0 Å². The Morgan fingerprint density at radius 2 is 2.38 bits per heavy atom. The Morgan fingerprint density at radius 3 is 3.10 bits per heavy atom. The summed E-state index contributed by atoms with van der Waals surface area (Å²) in [5.41, 5.74) is 2.82. The van der Waals surface area contributed by atoms with Crippen molar-refractivity contribution in [1.82, 2.24) is 4.98 Å². The van der Waals surface area contributed by atoms with Gasteiger partial charge in [-0.1, -0.05) is 0 Å². The molecule has 2 aromatic rings. The molecule has 0 aliphatic rings. The minimum Gasteiger partial charge on any atom is -0.481 e.